The van der Waals surface area contributed by atoms with E-state index in [1.807, 2.05) is 0 Å². The number of unbranched alkanes of at least 4 members (excludes halogenated alkanes) is 1. The maximum atomic E-state index is 14.0. The molecule has 0 saturated carbocycles. The van der Waals surface area contributed by atoms with E-state index < -0.39 is 101 Å². The molecule has 6 amide bonds. The molecule has 23 heteroatoms. The van der Waals surface area contributed by atoms with Crippen LogP contribution in [-0.2, 0) is 44.7 Å². The number of rotatable bonds is 21. The maximum absolute atomic E-state index is 14.0. The van der Waals surface area contributed by atoms with Crippen LogP contribution in [0.1, 0.15) is 71.8 Å². The van der Waals surface area contributed by atoms with Crippen molar-refractivity contribution in [2.75, 3.05) is 43.4 Å². The van der Waals surface area contributed by atoms with Crippen LogP contribution in [0.15, 0.2) is 44.9 Å². The van der Waals surface area contributed by atoms with E-state index in [2.05, 4.69) is 47.5 Å². The number of carboxylic acid groups (broad SMARTS) is 1. The van der Waals surface area contributed by atoms with Gasteiger partial charge in [0.05, 0.1) is 19.6 Å². The molecule has 2 aromatic rings. The number of carboxylic acids is 1. The number of guanidine groups is 1. The summed E-state index contributed by atoms with van der Waals surface area (Å²) in [6.45, 7) is 5.37. The van der Waals surface area contributed by atoms with Gasteiger partial charge in [-0.1, -0.05) is 30.3 Å². The van der Waals surface area contributed by atoms with Crippen LogP contribution in [0, 0.1) is 0 Å². The SMILES string of the molecule is CC(C)(Nc1c(NCCCCC2NC(=O)C(Cc3ccccc3)NC(=O)C(CC(=O)O)NC(=O)CNC(=O)C(CCCN=C(N)N)NC2=O)c(=O)c1=O)OC(C)(C)C(=O)NCCO. The molecule has 1 aliphatic rings. The van der Waals surface area contributed by atoms with Crippen LogP contribution in [0.4, 0.5) is 11.4 Å². The number of nitrogens with zero attached hydrogens (tertiary/aromatic N) is 1. The number of amides is 6. The first kappa shape index (κ1) is 50.7. The predicted octanol–water partition coefficient (Wildman–Crippen LogP) is -3.24. The van der Waals surface area contributed by atoms with Gasteiger partial charge in [0.1, 0.15) is 46.9 Å². The number of carbonyl (C=O) groups excluding carboxylic acids is 6. The highest BCUT2D eigenvalue weighted by atomic mass is 16.5. The zero-order valence-electron chi connectivity index (χ0n) is 35.8. The number of hydrogen-bond acceptors (Lipinski definition) is 14. The molecule has 4 unspecified atom stereocenters. The number of nitrogens with one attached hydrogen (secondary N) is 8. The van der Waals surface area contributed by atoms with Crippen molar-refractivity contribution in [3.63, 3.8) is 0 Å². The predicted molar refractivity (Wildman–Crippen MR) is 230 cm³/mol. The molecule has 14 N–H and O–H groups in total. The zero-order valence-corrected chi connectivity index (χ0v) is 35.8. The fourth-order valence-corrected chi connectivity index (χ4v) is 6.60. The molecule has 4 atom stereocenters. The fraction of sp³-hybridized carbons (Fsp3) is 0.550. The molecule has 0 aliphatic carbocycles. The number of ether oxygens (including phenoxy) is 1. The molecule has 1 heterocycles. The van der Waals surface area contributed by atoms with E-state index in [0.29, 0.717) is 5.56 Å². The van der Waals surface area contributed by atoms with E-state index in [1.54, 1.807) is 44.2 Å². The molecule has 63 heavy (non-hydrogen) atoms. The van der Waals surface area contributed by atoms with Crippen LogP contribution >= 0.6 is 0 Å². The summed E-state index contributed by atoms with van der Waals surface area (Å²) in [6.07, 6.45) is -0.255. The number of aliphatic carboxylic acids is 1. The lowest BCUT2D eigenvalue weighted by molar-refractivity contribution is -0.158. The third-order valence-corrected chi connectivity index (χ3v) is 9.59. The number of aliphatic imine (C=N–C) groups is 1. The quantitative estimate of drug-likeness (QED) is 0.0193. The minimum atomic E-state index is -1.64. The van der Waals surface area contributed by atoms with Crippen molar-refractivity contribution < 1.29 is 48.5 Å². The number of aliphatic hydroxyl groups is 1. The Bertz CT molecular complexity index is 2050. The second-order valence-electron chi connectivity index (χ2n) is 15.8. The monoisotopic (exact) mass is 885 g/mol. The van der Waals surface area contributed by atoms with Gasteiger partial charge in [-0.25, -0.2) is 0 Å². The van der Waals surface area contributed by atoms with Crippen molar-refractivity contribution in [1.82, 2.24) is 31.9 Å². The number of aliphatic hydroxyl groups excluding tert-OH is 1. The van der Waals surface area contributed by atoms with Crippen LogP contribution in [0.5, 0.6) is 0 Å². The van der Waals surface area contributed by atoms with Gasteiger partial charge in [0.15, 0.2) is 5.96 Å². The van der Waals surface area contributed by atoms with E-state index in [9.17, 15) is 48.3 Å². The molecular formula is C40H59N11O12. The Morgan fingerprint density at radius 3 is 2.00 bits per heavy atom. The summed E-state index contributed by atoms with van der Waals surface area (Å²) in [7, 11) is 0. The number of hydrogen-bond donors (Lipinski definition) is 12. The van der Waals surface area contributed by atoms with Crippen LogP contribution in [0.3, 0.4) is 0 Å². The van der Waals surface area contributed by atoms with Gasteiger partial charge < -0.3 is 69.0 Å². The average Bonchev–Trinajstić information content (AvgIpc) is 3.21. The summed E-state index contributed by atoms with van der Waals surface area (Å²) < 4.78 is 5.94. The van der Waals surface area contributed by atoms with E-state index in [4.69, 9.17) is 21.3 Å². The molecule has 2 aromatic carbocycles. The van der Waals surface area contributed by atoms with Gasteiger partial charge in [0.25, 0.3) is 16.8 Å². The van der Waals surface area contributed by atoms with Crippen LogP contribution in [0.25, 0.3) is 0 Å². The average molecular weight is 886 g/mol. The number of carbonyl (C=O) groups is 7. The van der Waals surface area contributed by atoms with Crippen molar-refractivity contribution in [2.45, 2.75) is 108 Å². The van der Waals surface area contributed by atoms with E-state index in [1.165, 1.54) is 13.8 Å². The van der Waals surface area contributed by atoms with Crippen molar-refractivity contribution in [2.24, 2.45) is 16.5 Å². The van der Waals surface area contributed by atoms with Crippen molar-refractivity contribution in [3.05, 3.63) is 56.3 Å². The topological polar surface area (TPSA) is 364 Å². The molecule has 0 bridgehead atoms. The lowest BCUT2D eigenvalue weighted by Gasteiger charge is -2.36. The number of nitrogens with two attached hydrogens (primary N) is 2. The van der Waals surface area contributed by atoms with Gasteiger partial charge in [-0.3, -0.25) is 48.1 Å². The first-order chi connectivity index (χ1) is 29.6. The van der Waals surface area contributed by atoms with Gasteiger partial charge in [0, 0.05) is 26.1 Å². The largest absolute Gasteiger partial charge is 0.481 e. The van der Waals surface area contributed by atoms with Gasteiger partial charge in [-0.05, 0) is 65.4 Å². The smallest absolute Gasteiger partial charge is 0.305 e. The Morgan fingerprint density at radius 1 is 0.778 bits per heavy atom. The lowest BCUT2D eigenvalue weighted by Crippen LogP contribution is -2.58. The minimum Gasteiger partial charge on any atom is -0.481 e. The Kier molecular flexibility index (Phi) is 19.0. The summed E-state index contributed by atoms with van der Waals surface area (Å²) in [4.78, 5) is 121. The van der Waals surface area contributed by atoms with Crippen LogP contribution in [0.2, 0.25) is 0 Å². The highest BCUT2D eigenvalue weighted by Gasteiger charge is 2.38. The first-order valence-electron chi connectivity index (χ1n) is 20.4. The molecule has 0 aromatic heterocycles. The molecule has 1 saturated heterocycles. The maximum Gasteiger partial charge on any atom is 0.305 e. The summed E-state index contributed by atoms with van der Waals surface area (Å²) in [5.41, 5.74) is 7.03. The van der Waals surface area contributed by atoms with E-state index >= 15 is 0 Å². The summed E-state index contributed by atoms with van der Waals surface area (Å²) in [5, 5.41) is 39.4. The lowest BCUT2D eigenvalue weighted by atomic mass is 10.0. The van der Waals surface area contributed by atoms with Gasteiger partial charge >= 0.3 is 5.97 Å². The van der Waals surface area contributed by atoms with Crippen molar-refractivity contribution in [1.29, 1.82) is 0 Å². The van der Waals surface area contributed by atoms with Crippen molar-refractivity contribution >= 4 is 58.7 Å². The number of anilines is 2. The van der Waals surface area contributed by atoms with E-state index in [0.717, 1.165) is 0 Å². The Balaban J connectivity index is 1.84. The normalized spacial score (nSPS) is 19.2. The molecule has 0 radical (unpaired) electrons. The second kappa shape index (κ2) is 23.6. The summed E-state index contributed by atoms with van der Waals surface area (Å²) >= 11 is 0. The molecule has 346 valence electrons. The minimum absolute atomic E-state index is 0.00659. The van der Waals surface area contributed by atoms with Crippen LogP contribution in [-0.4, -0.2) is 126 Å². The van der Waals surface area contributed by atoms with Crippen LogP contribution < -0.4 is 64.9 Å². The standard InChI is InChI=1S/C40H59N11O12/c1-39(2,37(62)44-17-18-52)63-40(3,4)51-30-29(31(56)32(30)57)43-15-9-8-13-24-34(59)48-23(14-10-16-45-38(41)42)33(58)46-21-27(53)47-26(20-28(54)55)36(61)50-25(35(60)49-24)19-22-11-6-5-7-12-22/h5-7,11-12,23-26,43,51-52H,8-10,13-21H2,1-4H3,(H,44,62)(H,46,58)(H,47,53)(H,48,59)(H,49,60)(H,50,61)(H,54,55)(H4,41,42,45). The summed E-state index contributed by atoms with van der Waals surface area (Å²) in [5.74, 6) is -6.45. The highest BCUT2D eigenvalue weighted by Crippen LogP contribution is 2.25. The van der Waals surface area contributed by atoms with Gasteiger partial charge in [0.2, 0.25) is 29.5 Å². The molecule has 23 nitrogen and oxygen atoms in total. The Morgan fingerprint density at radius 2 is 1.37 bits per heavy atom. The van der Waals surface area contributed by atoms with Gasteiger partial charge in [-0.2, -0.15) is 0 Å². The Labute approximate surface area is 363 Å². The molecule has 1 aliphatic heterocycles. The fourth-order valence-electron chi connectivity index (χ4n) is 6.60. The van der Waals surface area contributed by atoms with Gasteiger partial charge in [-0.15, -0.1) is 0 Å². The molecule has 0 spiro atoms. The third kappa shape index (κ3) is 16.3. The summed E-state index contributed by atoms with van der Waals surface area (Å²) in [6, 6.07) is 2.97. The molecular weight excluding hydrogens is 827 g/mol. The first-order valence-corrected chi connectivity index (χ1v) is 20.4. The zero-order chi connectivity index (χ0) is 46.9. The molecule has 3 rings (SSSR count). The third-order valence-electron chi connectivity index (χ3n) is 9.59. The van der Waals surface area contributed by atoms with E-state index in [-0.39, 0.29) is 82.1 Å². The molecule has 1 fully saturated rings. The highest BCUT2D eigenvalue weighted by molar-refractivity contribution is 5.98. The Hall–Kier alpha value is -6.62. The van der Waals surface area contributed by atoms with Crippen molar-refractivity contribution in [3.8, 4) is 0 Å². The number of benzene rings is 1. The second-order valence-corrected chi connectivity index (χ2v) is 15.8.